The van der Waals surface area contributed by atoms with Gasteiger partial charge in [-0.15, -0.1) is 0 Å². The first-order valence-corrected chi connectivity index (χ1v) is 12.3. The number of imidazole rings is 1. The molecule has 0 saturated heterocycles. The maximum absolute atomic E-state index is 14.4. The SMILES string of the molecule is CC(C)(C)[Si](C)(C)OCc1nc2c(F)cc(Br)cc2n1C1CCC1. The third-order valence-electron chi connectivity index (χ3n) is 5.59. The fourth-order valence-corrected chi connectivity index (χ4v) is 4.13. The van der Waals surface area contributed by atoms with E-state index in [1.54, 1.807) is 0 Å². The zero-order valence-corrected chi connectivity index (χ0v) is 17.7. The van der Waals surface area contributed by atoms with Gasteiger partial charge in [0, 0.05) is 10.5 Å². The minimum atomic E-state index is -1.87. The van der Waals surface area contributed by atoms with E-state index in [9.17, 15) is 4.39 Å². The van der Waals surface area contributed by atoms with Gasteiger partial charge < -0.3 is 8.99 Å². The van der Waals surface area contributed by atoms with Crippen LogP contribution >= 0.6 is 15.9 Å². The van der Waals surface area contributed by atoms with Crippen LogP contribution in [0.25, 0.3) is 11.0 Å². The van der Waals surface area contributed by atoms with Crippen LogP contribution in [0, 0.1) is 5.82 Å². The highest BCUT2D eigenvalue weighted by atomic mass is 79.9. The van der Waals surface area contributed by atoms with Crippen LogP contribution in [0.2, 0.25) is 18.1 Å². The van der Waals surface area contributed by atoms with Crippen molar-refractivity contribution in [2.75, 3.05) is 0 Å². The van der Waals surface area contributed by atoms with Crippen molar-refractivity contribution in [1.82, 2.24) is 9.55 Å². The molecular formula is C18H26BrFN2OSi. The zero-order chi connectivity index (χ0) is 17.7. The zero-order valence-electron chi connectivity index (χ0n) is 15.1. The topological polar surface area (TPSA) is 27.1 Å². The Kier molecular flexibility index (Phi) is 4.68. The summed E-state index contributed by atoms with van der Waals surface area (Å²) in [5.41, 5.74) is 1.33. The lowest BCUT2D eigenvalue weighted by Gasteiger charge is -2.36. The standard InChI is InChI=1S/C18H26BrFN2OSi/c1-18(2,3)24(4,5)23-11-16-21-17-14(20)9-12(19)10-15(17)22(16)13-7-6-8-13/h9-10,13H,6-8,11H2,1-5H3. The molecule has 1 aromatic carbocycles. The van der Waals surface area contributed by atoms with Gasteiger partial charge in [-0.3, -0.25) is 0 Å². The van der Waals surface area contributed by atoms with Gasteiger partial charge in [0.15, 0.2) is 14.1 Å². The summed E-state index contributed by atoms with van der Waals surface area (Å²) in [7, 11) is -1.87. The number of hydrogen-bond donors (Lipinski definition) is 0. The van der Waals surface area contributed by atoms with E-state index in [1.165, 1.54) is 12.5 Å². The van der Waals surface area contributed by atoms with Crippen LogP contribution < -0.4 is 0 Å². The molecule has 3 nitrogen and oxygen atoms in total. The van der Waals surface area contributed by atoms with E-state index < -0.39 is 8.32 Å². The molecule has 0 amide bonds. The summed E-state index contributed by atoms with van der Waals surface area (Å²) >= 11 is 3.41. The molecular weight excluding hydrogens is 387 g/mol. The molecule has 0 atom stereocenters. The number of rotatable bonds is 4. The fraction of sp³-hybridized carbons (Fsp3) is 0.611. The van der Waals surface area contributed by atoms with Crippen molar-refractivity contribution in [2.24, 2.45) is 0 Å². The van der Waals surface area contributed by atoms with Crippen LogP contribution in [0.3, 0.4) is 0 Å². The second-order valence-corrected chi connectivity index (χ2v) is 14.0. The van der Waals surface area contributed by atoms with Crippen molar-refractivity contribution in [1.29, 1.82) is 0 Å². The van der Waals surface area contributed by atoms with Crippen LogP contribution in [-0.4, -0.2) is 17.9 Å². The molecule has 6 heteroatoms. The van der Waals surface area contributed by atoms with E-state index in [-0.39, 0.29) is 10.9 Å². The first-order valence-electron chi connectivity index (χ1n) is 8.60. The number of hydrogen-bond acceptors (Lipinski definition) is 2. The molecule has 1 aliphatic rings. The van der Waals surface area contributed by atoms with Gasteiger partial charge in [0.25, 0.3) is 0 Å². The largest absolute Gasteiger partial charge is 0.409 e. The molecule has 0 bridgehead atoms. The number of nitrogens with zero attached hydrogens (tertiary/aromatic N) is 2. The highest BCUT2D eigenvalue weighted by molar-refractivity contribution is 9.10. The molecule has 0 spiro atoms. The van der Waals surface area contributed by atoms with Gasteiger partial charge in [0.05, 0.1) is 12.1 Å². The van der Waals surface area contributed by atoms with E-state index in [0.29, 0.717) is 18.2 Å². The smallest absolute Gasteiger partial charge is 0.192 e. The third kappa shape index (κ3) is 3.20. The molecule has 0 unspecified atom stereocenters. The third-order valence-corrected chi connectivity index (χ3v) is 10.5. The number of aromatic nitrogens is 2. The normalized spacial score (nSPS) is 16.6. The molecule has 1 aromatic heterocycles. The predicted octanol–water partition coefficient (Wildman–Crippen LogP) is 6.18. The molecule has 3 rings (SSSR count). The Labute approximate surface area is 152 Å². The van der Waals surface area contributed by atoms with Crippen molar-refractivity contribution in [2.45, 2.75) is 70.8 Å². The fourth-order valence-electron chi connectivity index (χ4n) is 2.78. The Hall–Kier alpha value is -0.723. The first kappa shape index (κ1) is 18.1. The summed E-state index contributed by atoms with van der Waals surface area (Å²) < 4.78 is 23.7. The number of benzene rings is 1. The number of halogens is 2. The lowest BCUT2D eigenvalue weighted by molar-refractivity contribution is 0.243. The van der Waals surface area contributed by atoms with Crippen LogP contribution in [0.1, 0.15) is 51.9 Å². The van der Waals surface area contributed by atoms with E-state index >= 15 is 0 Å². The van der Waals surface area contributed by atoms with Crippen LogP contribution in [0.5, 0.6) is 0 Å². The van der Waals surface area contributed by atoms with Crippen molar-refractivity contribution in [3.63, 3.8) is 0 Å². The van der Waals surface area contributed by atoms with Crippen molar-refractivity contribution in [3.8, 4) is 0 Å². The Morgan fingerprint density at radius 3 is 2.54 bits per heavy atom. The summed E-state index contributed by atoms with van der Waals surface area (Å²) in [6.45, 7) is 11.6. The molecule has 2 aromatic rings. The minimum absolute atomic E-state index is 0.147. The molecule has 1 fully saturated rings. The summed E-state index contributed by atoms with van der Waals surface area (Å²) in [6.07, 6.45) is 3.49. The minimum Gasteiger partial charge on any atom is -0.409 e. The molecule has 0 N–H and O–H groups in total. The monoisotopic (exact) mass is 412 g/mol. The van der Waals surface area contributed by atoms with Crippen molar-refractivity contribution < 1.29 is 8.82 Å². The summed E-state index contributed by atoms with van der Waals surface area (Å²) in [4.78, 5) is 4.61. The molecule has 0 radical (unpaired) electrons. The Bertz CT molecular complexity index is 762. The van der Waals surface area contributed by atoms with Crippen molar-refractivity contribution in [3.05, 3.63) is 28.2 Å². The first-order chi connectivity index (χ1) is 11.1. The van der Waals surface area contributed by atoms with Crippen LogP contribution in [0.4, 0.5) is 4.39 Å². The van der Waals surface area contributed by atoms with E-state index in [1.807, 2.05) is 6.07 Å². The predicted molar refractivity (Wildman–Crippen MR) is 102 cm³/mol. The lowest BCUT2D eigenvalue weighted by Crippen LogP contribution is -2.40. The van der Waals surface area contributed by atoms with E-state index in [0.717, 1.165) is 28.7 Å². The Balaban J connectivity index is 1.99. The second kappa shape index (κ2) is 6.22. The van der Waals surface area contributed by atoms with Crippen LogP contribution in [0.15, 0.2) is 16.6 Å². The average molecular weight is 413 g/mol. The van der Waals surface area contributed by atoms with Crippen LogP contribution in [-0.2, 0) is 11.0 Å². The summed E-state index contributed by atoms with van der Waals surface area (Å²) in [5, 5.41) is 0.147. The molecule has 132 valence electrons. The summed E-state index contributed by atoms with van der Waals surface area (Å²) in [5.74, 6) is 0.586. The van der Waals surface area contributed by atoms with E-state index in [4.69, 9.17) is 4.43 Å². The lowest BCUT2D eigenvalue weighted by atomic mass is 9.92. The maximum Gasteiger partial charge on any atom is 0.192 e. The molecule has 24 heavy (non-hydrogen) atoms. The van der Waals surface area contributed by atoms with Gasteiger partial charge in [-0.25, -0.2) is 9.37 Å². The van der Waals surface area contributed by atoms with Gasteiger partial charge in [-0.05, 0) is 49.5 Å². The number of fused-ring (bicyclic) bond motifs is 1. The molecule has 1 aliphatic carbocycles. The average Bonchev–Trinajstić information content (AvgIpc) is 2.73. The highest BCUT2D eigenvalue weighted by Crippen LogP contribution is 2.39. The quantitative estimate of drug-likeness (QED) is 0.560. The Morgan fingerprint density at radius 1 is 1.33 bits per heavy atom. The Morgan fingerprint density at radius 2 is 2.00 bits per heavy atom. The summed E-state index contributed by atoms with van der Waals surface area (Å²) in [6, 6.07) is 3.88. The van der Waals surface area contributed by atoms with Crippen molar-refractivity contribution >= 4 is 35.3 Å². The second-order valence-electron chi connectivity index (χ2n) is 8.29. The molecule has 0 aliphatic heterocycles. The van der Waals surface area contributed by atoms with Gasteiger partial charge in [0.1, 0.15) is 11.3 Å². The maximum atomic E-state index is 14.4. The van der Waals surface area contributed by atoms with Gasteiger partial charge in [-0.1, -0.05) is 36.7 Å². The van der Waals surface area contributed by atoms with Gasteiger partial charge in [0.2, 0.25) is 0 Å². The molecule has 1 heterocycles. The van der Waals surface area contributed by atoms with Gasteiger partial charge >= 0.3 is 0 Å². The van der Waals surface area contributed by atoms with Gasteiger partial charge in [-0.2, -0.15) is 0 Å². The molecule has 1 saturated carbocycles. The highest BCUT2D eigenvalue weighted by Gasteiger charge is 2.38. The van der Waals surface area contributed by atoms with E-state index in [2.05, 4.69) is 59.3 Å².